The van der Waals surface area contributed by atoms with Crippen LogP contribution >= 0.6 is 11.8 Å². The largest absolute Gasteiger partial charge is 0.325 e. The van der Waals surface area contributed by atoms with E-state index in [9.17, 15) is 13.2 Å². The van der Waals surface area contributed by atoms with Crippen LogP contribution in [-0.4, -0.2) is 29.1 Å². The van der Waals surface area contributed by atoms with Crippen molar-refractivity contribution in [1.29, 1.82) is 0 Å². The van der Waals surface area contributed by atoms with Gasteiger partial charge in [-0.15, -0.1) is 0 Å². The van der Waals surface area contributed by atoms with Crippen molar-refractivity contribution >= 4 is 44.4 Å². The lowest BCUT2D eigenvalue weighted by Gasteiger charge is -2.13. The molecule has 0 aliphatic carbocycles. The summed E-state index contributed by atoms with van der Waals surface area (Å²) in [5, 5.41) is 8.40. The highest BCUT2D eigenvalue weighted by molar-refractivity contribution is 8.00. The molecule has 9 heteroatoms. The van der Waals surface area contributed by atoms with Gasteiger partial charge >= 0.3 is 0 Å². The van der Waals surface area contributed by atoms with E-state index >= 15 is 0 Å². The van der Waals surface area contributed by atoms with Crippen molar-refractivity contribution in [3.63, 3.8) is 0 Å². The Labute approximate surface area is 174 Å². The van der Waals surface area contributed by atoms with Crippen molar-refractivity contribution < 1.29 is 13.2 Å². The van der Waals surface area contributed by atoms with Gasteiger partial charge in [-0.05, 0) is 56.2 Å². The third-order valence-electron chi connectivity index (χ3n) is 4.61. The molecule has 3 aromatic rings. The summed E-state index contributed by atoms with van der Waals surface area (Å²) in [6.45, 7) is 6.51. The van der Waals surface area contributed by atoms with Gasteiger partial charge in [0, 0.05) is 12.2 Å². The molecule has 29 heavy (non-hydrogen) atoms. The first-order valence-corrected chi connectivity index (χ1v) is 11.7. The number of rotatable bonds is 7. The van der Waals surface area contributed by atoms with Gasteiger partial charge in [0.15, 0.2) is 5.16 Å². The van der Waals surface area contributed by atoms with Crippen LogP contribution in [0.15, 0.2) is 52.5 Å². The number of fused-ring (bicyclic) bond motifs is 1. The predicted molar refractivity (Wildman–Crippen MR) is 117 cm³/mol. The molecule has 0 aliphatic rings. The first-order valence-electron chi connectivity index (χ1n) is 9.32. The van der Waals surface area contributed by atoms with E-state index < -0.39 is 10.0 Å². The fourth-order valence-electron chi connectivity index (χ4n) is 2.94. The molecule has 0 spiro atoms. The molecule has 154 valence electrons. The fourth-order valence-corrected chi connectivity index (χ4v) is 4.46. The van der Waals surface area contributed by atoms with Crippen molar-refractivity contribution in [2.75, 3.05) is 5.32 Å². The van der Waals surface area contributed by atoms with Crippen LogP contribution in [0.1, 0.15) is 26.3 Å². The summed E-state index contributed by atoms with van der Waals surface area (Å²) in [4.78, 5) is 17.2. The number of benzene rings is 2. The number of nitrogens with two attached hydrogens (primary N) is 1. The van der Waals surface area contributed by atoms with Crippen LogP contribution < -0.4 is 10.5 Å². The molecule has 0 fully saturated rings. The Kier molecular flexibility index (Phi) is 6.30. The lowest BCUT2D eigenvalue weighted by Crippen LogP contribution is -2.22. The number of thioether (sulfide) groups is 1. The molecular formula is C20H24N4O3S2. The summed E-state index contributed by atoms with van der Waals surface area (Å²) in [5.41, 5.74) is 3.29. The van der Waals surface area contributed by atoms with Crippen molar-refractivity contribution in [2.45, 2.75) is 49.0 Å². The maximum Gasteiger partial charge on any atom is 0.238 e. The molecule has 0 saturated heterocycles. The fraction of sp³-hybridized carbons (Fsp3) is 0.300. The maximum atomic E-state index is 12.6. The average Bonchev–Trinajstić information content (AvgIpc) is 3.03. The van der Waals surface area contributed by atoms with E-state index in [-0.39, 0.29) is 16.1 Å². The van der Waals surface area contributed by atoms with Crippen molar-refractivity contribution in [2.24, 2.45) is 5.14 Å². The van der Waals surface area contributed by atoms with Crippen LogP contribution in [0, 0.1) is 0 Å². The van der Waals surface area contributed by atoms with Crippen LogP contribution in [0.2, 0.25) is 0 Å². The quantitative estimate of drug-likeness (QED) is 0.557. The van der Waals surface area contributed by atoms with Crippen molar-refractivity contribution in [1.82, 2.24) is 9.55 Å². The predicted octanol–water partition coefficient (Wildman–Crippen LogP) is 3.39. The second-order valence-electron chi connectivity index (χ2n) is 6.63. The Hall–Kier alpha value is -2.36. The normalized spacial score (nSPS) is 12.8. The van der Waals surface area contributed by atoms with Crippen molar-refractivity contribution in [3.8, 4) is 0 Å². The van der Waals surface area contributed by atoms with Crippen LogP contribution in [0.4, 0.5) is 5.69 Å². The van der Waals surface area contributed by atoms with E-state index in [0.29, 0.717) is 17.2 Å². The number of amides is 1. The van der Waals surface area contributed by atoms with Gasteiger partial charge in [0.05, 0.1) is 21.2 Å². The Morgan fingerprint density at radius 1 is 1.21 bits per heavy atom. The number of sulfonamides is 1. The number of nitrogens with one attached hydrogen (secondary N) is 1. The van der Waals surface area contributed by atoms with E-state index in [1.807, 2.05) is 42.7 Å². The number of nitrogens with zero attached hydrogens (tertiary/aromatic N) is 2. The molecule has 7 nitrogen and oxygen atoms in total. The number of hydrogen-bond acceptors (Lipinski definition) is 5. The topological polar surface area (TPSA) is 107 Å². The van der Waals surface area contributed by atoms with Crippen molar-refractivity contribution in [3.05, 3.63) is 48.0 Å². The summed E-state index contributed by atoms with van der Waals surface area (Å²) < 4.78 is 25.2. The van der Waals surface area contributed by atoms with Crippen LogP contribution in [0.5, 0.6) is 0 Å². The van der Waals surface area contributed by atoms with Gasteiger partial charge in [0.2, 0.25) is 15.9 Å². The van der Waals surface area contributed by atoms with Gasteiger partial charge in [-0.1, -0.05) is 30.8 Å². The number of aryl methyl sites for hydroxylation is 2. The number of anilines is 1. The standard InChI is InChI=1S/C20H24N4O3S2/c1-4-14-6-8-15(9-7-14)22-19(25)13(3)28-20-23-17-12-16(29(21,26)27)10-11-18(17)24(20)5-2/h6-13H,4-5H2,1-3H3,(H,22,25)(H2,21,26,27)/t13-/m0/s1. The van der Waals surface area contributed by atoms with Gasteiger partial charge in [0.25, 0.3) is 0 Å². The molecule has 1 aromatic heterocycles. The Morgan fingerprint density at radius 2 is 1.90 bits per heavy atom. The number of carbonyl (C=O) groups is 1. The molecule has 0 bridgehead atoms. The Balaban J connectivity index is 1.81. The summed E-state index contributed by atoms with van der Waals surface area (Å²) in [6.07, 6.45) is 0.945. The minimum Gasteiger partial charge on any atom is -0.325 e. The number of imidazole rings is 1. The molecule has 1 heterocycles. The maximum absolute atomic E-state index is 12.6. The molecule has 0 aliphatic heterocycles. The molecular weight excluding hydrogens is 408 g/mol. The lowest BCUT2D eigenvalue weighted by molar-refractivity contribution is -0.115. The number of aromatic nitrogens is 2. The number of primary sulfonamides is 1. The zero-order valence-electron chi connectivity index (χ0n) is 16.5. The minimum atomic E-state index is -3.80. The summed E-state index contributed by atoms with van der Waals surface area (Å²) >= 11 is 1.33. The SMILES string of the molecule is CCc1ccc(NC(=O)[C@H](C)Sc2nc3cc(S(N)(=O)=O)ccc3n2CC)cc1. The monoisotopic (exact) mass is 432 g/mol. The second kappa shape index (κ2) is 8.56. The molecule has 3 rings (SSSR count). The molecule has 2 aromatic carbocycles. The number of hydrogen-bond donors (Lipinski definition) is 2. The van der Waals surface area contributed by atoms with E-state index in [4.69, 9.17) is 5.14 Å². The third-order valence-corrected chi connectivity index (χ3v) is 6.61. The van der Waals surface area contributed by atoms with Gasteiger partial charge < -0.3 is 9.88 Å². The smallest absolute Gasteiger partial charge is 0.238 e. The molecule has 1 atom stereocenters. The van der Waals surface area contributed by atoms with Gasteiger partial charge in [-0.3, -0.25) is 4.79 Å². The second-order valence-corrected chi connectivity index (χ2v) is 9.50. The molecule has 0 unspecified atom stereocenters. The van der Waals surface area contributed by atoms with Crippen LogP contribution in [-0.2, 0) is 27.8 Å². The van der Waals surface area contributed by atoms with E-state index in [2.05, 4.69) is 17.2 Å². The van der Waals surface area contributed by atoms with Gasteiger partial charge in [-0.25, -0.2) is 18.5 Å². The van der Waals surface area contributed by atoms with Crippen LogP contribution in [0.3, 0.4) is 0 Å². The summed E-state index contributed by atoms with van der Waals surface area (Å²) in [6, 6.07) is 12.4. The zero-order valence-corrected chi connectivity index (χ0v) is 18.2. The Bertz CT molecular complexity index is 1140. The first-order chi connectivity index (χ1) is 13.7. The van der Waals surface area contributed by atoms with E-state index in [1.54, 1.807) is 6.07 Å². The van der Waals surface area contributed by atoms with Gasteiger partial charge in [0.1, 0.15) is 0 Å². The zero-order chi connectivity index (χ0) is 21.2. The van der Waals surface area contributed by atoms with E-state index in [1.165, 1.54) is 29.5 Å². The lowest BCUT2D eigenvalue weighted by atomic mass is 10.1. The highest BCUT2D eigenvalue weighted by Crippen LogP contribution is 2.29. The first kappa shape index (κ1) is 21.4. The van der Waals surface area contributed by atoms with Crippen LogP contribution in [0.25, 0.3) is 11.0 Å². The Morgan fingerprint density at radius 3 is 2.48 bits per heavy atom. The highest BCUT2D eigenvalue weighted by atomic mass is 32.2. The number of carbonyl (C=O) groups excluding carboxylic acids is 1. The molecule has 0 saturated carbocycles. The third kappa shape index (κ3) is 4.80. The summed E-state index contributed by atoms with van der Waals surface area (Å²) in [7, 11) is -3.80. The van der Waals surface area contributed by atoms with E-state index in [0.717, 1.165) is 17.6 Å². The summed E-state index contributed by atoms with van der Waals surface area (Å²) in [5.74, 6) is -0.126. The molecule has 0 radical (unpaired) electrons. The molecule has 1 amide bonds. The minimum absolute atomic E-state index is 0.0172. The molecule has 3 N–H and O–H groups in total. The van der Waals surface area contributed by atoms with Gasteiger partial charge in [-0.2, -0.15) is 0 Å². The average molecular weight is 433 g/mol. The highest BCUT2D eigenvalue weighted by Gasteiger charge is 2.20.